The maximum Gasteiger partial charge on any atom is 0.337 e. The molecule has 7 heteroatoms. The minimum absolute atomic E-state index is 0.175. The van der Waals surface area contributed by atoms with Crippen LogP contribution in [0.1, 0.15) is 15.9 Å². The highest BCUT2D eigenvalue weighted by Gasteiger charge is 2.11. The molecule has 0 fully saturated rings. The smallest absolute Gasteiger partial charge is 0.337 e. The molecule has 3 aromatic rings. The van der Waals surface area contributed by atoms with Crippen molar-refractivity contribution in [2.75, 3.05) is 5.32 Å². The molecule has 0 unspecified atom stereocenters. The second-order valence-electron chi connectivity index (χ2n) is 5.33. The highest BCUT2D eigenvalue weighted by molar-refractivity contribution is 9.10. The van der Waals surface area contributed by atoms with Gasteiger partial charge >= 0.3 is 5.97 Å². The Morgan fingerprint density at radius 3 is 2.73 bits per heavy atom. The van der Waals surface area contributed by atoms with Crippen LogP contribution in [0, 0.1) is 0 Å². The predicted octanol–water partition coefficient (Wildman–Crippen LogP) is 5.69. The van der Waals surface area contributed by atoms with Crippen LogP contribution in [0.25, 0.3) is 0 Å². The molecule has 0 aliphatic rings. The van der Waals surface area contributed by atoms with Crippen molar-refractivity contribution in [3.8, 4) is 0 Å². The molecule has 1 aromatic heterocycles. The van der Waals surface area contributed by atoms with Gasteiger partial charge in [-0.2, -0.15) is 0 Å². The number of aromatic carboxylic acids is 1. The molecular weight excluding hydrogens is 418 g/mol. The Bertz CT molecular complexity index is 992. The summed E-state index contributed by atoms with van der Waals surface area (Å²) in [6.45, 7) is 0. The summed E-state index contributed by atoms with van der Waals surface area (Å²) in [7, 11) is 0. The van der Waals surface area contributed by atoms with Crippen molar-refractivity contribution in [3.63, 3.8) is 0 Å². The number of aromatic nitrogens is 1. The molecule has 0 atom stereocenters. The van der Waals surface area contributed by atoms with Gasteiger partial charge in [-0.3, -0.25) is 9.98 Å². The Balaban J connectivity index is 1.95. The van der Waals surface area contributed by atoms with Crippen LogP contribution in [0.4, 0.5) is 17.1 Å². The van der Waals surface area contributed by atoms with Gasteiger partial charge in [0.2, 0.25) is 0 Å². The summed E-state index contributed by atoms with van der Waals surface area (Å²) in [5, 5.41) is 13.0. The molecule has 0 radical (unpaired) electrons. The largest absolute Gasteiger partial charge is 0.478 e. The van der Waals surface area contributed by atoms with Crippen LogP contribution in [0.2, 0.25) is 5.02 Å². The van der Waals surface area contributed by atoms with E-state index >= 15 is 0 Å². The lowest BCUT2D eigenvalue weighted by Crippen LogP contribution is -2.02. The average Bonchev–Trinajstić information content (AvgIpc) is 2.62. The number of benzene rings is 2. The third-order valence-electron chi connectivity index (χ3n) is 3.47. The maximum atomic E-state index is 11.4. The van der Waals surface area contributed by atoms with Gasteiger partial charge in [0.15, 0.2) is 0 Å². The summed E-state index contributed by atoms with van der Waals surface area (Å²) >= 11 is 9.46. The molecule has 26 heavy (non-hydrogen) atoms. The maximum absolute atomic E-state index is 11.4. The number of carboxylic acids is 1. The standard InChI is InChI=1S/C19H13BrClN3O2/c20-13-7-12(9-22-11-13)10-23-18-8-14(21)5-6-17(18)24-16-4-2-1-3-15(16)19(25)26/h1-11,24H,(H,25,26)/b23-10+. The van der Waals surface area contributed by atoms with E-state index in [9.17, 15) is 9.90 Å². The molecule has 2 N–H and O–H groups in total. The zero-order valence-corrected chi connectivity index (χ0v) is 15.7. The van der Waals surface area contributed by atoms with E-state index in [-0.39, 0.29) is 5.56 Å². The fourth-order valence-corrected chi connectivity index (χ4v) is 2.83. The van der Waals surface area contributed by atoms with Gasteiger partial charge in [-0.25, -0.2) is 4.79 Å². The van der Waals surface area contributed by atoms with E-state index in [1.165, 1.54) is 6.07 Å². The quantitative estimate of drug-likeness (QED) is 0.510. The third kappa shape index (κ3) is 4.47. The number of hydrogen-bond acceptors (Lipinski definition) is 4. The summed E-state index contributed by atoms with van der Waals surface area (Å²) in [5.41, 5.74) is 2.69. The number of halogens is 2. The Kier molecular flexibility index (Phi) is 5.65. The zero-order chi connectivity index (χ0) is 18.5. The van der Waals surface area contributed by atoms with Crippen molar-refractivity contribution in [3.05, 3.63) is 81.5 Å². The first kappa shape index (κ1) is 18.1. The third-order valence-corrected chi connectivity index (χ3v) is 4.13. The van der Waals surface area contributed by atoms with Crippen LogP contribution in [0.3, 0.4) is 0 Å². The lowest BCUT2D eigenvalue weighted by Gasteiger charge is -2.12. The molecule has 2 aromatic carbocycles. The van der Waals surface area contributed by atoms with E-state index in [1.54, 1.807) is 55.0 Å². The first-order valence-electron chi connectivity index (χ1n) is 7.56. The second-order valence-corrected chi connectivity index (χ2v) is 6.68. The average molecular weight is 431 g/mol. The highest BCUT2D eigenvalue weighted by Crippen LogP contribution is 2.32. The van der Waals surface area contributed by atoms with E-state index in [0.717, 1.165) is 10.0 Å². The summed E-state index contributed by atoms with van der Waals surface area (Å²) in [6, 6.07) is 13.7. The first-order valence-corrected chi connectivity index (χ1v) is 8.73. The van der Waals surface area contributed by atoms with E-state index in [4.69, 9.17) is 11.6 Å². The van der Waals surface area contributed by atoms with Gasteiger partial charge in [-0.05, 0) is 52.3 Å². The van der Waals surface area contributed by atoms with Crippen LogP contribution < -0.4 is 5.32 Å². The predicted molar refractivity (Wildman–Crippen MR) is 107 cm³/mol. The SMILES string of the molecule is O=C(O)c1ccccc1Nc1ccc(Cl)cc1/N=C/c1cncc(Br)c1. The Morgan fingerprint density at radius 2 is 1.96 bits per heavy atom. The van der Waals surface area contributed by atoms with Crippen LogP contribution >= 0.6 is 27.5 Å². The molecule has 3 rings (SSSR count). The van der Waals surface area contributed by atoms with E-state index in [0.29, 0.717) is 22.1 Å². The lowest BCUT2D eigenvalue weighted by atomic mass is 10.1. The molecule has 0 saturated heterocycles. The normalized spacial score (nSPS) is 10.8. The van der Waals surface area contributed by atoms with Crippen molar-refractivity contribution >= 4 is 56.8 Å². The molecule has 0 amide bonds. The van der Waals surface area contributed by atoms with Crippen molar-refractivity contribution in [1.82, 2.24) is 4.98 Å². The molecule has 0 spiro atoms. The number of rotatable bonds is 5. The summed E-state index contributed by atoms with van der Waals surface area (Å²) in [5.74, 6) is -1.01. The number of para-hydroxylation sites is 1. The molecule has 5 nitrogen and oxygen atoms in total. The second kappa shape index (κ2) is 8.12. The minimum Gasteiger partial charge on any atom is -0.478 e. The van der Waals surface area contributed by atoms with Crippen LogP contribution in [-0.4, -0.2) is 22.3 Å². The van der Waals surface area contributed by atoms with Gasteiger partial charge in [0.05, 0.1) is 22.6 Å². The molecular formula is C19H13BrClN3O2. The van der Waals surface area contributed by atoms with E-state index < -0.39 is 5.97 Å². The van der Waals surface area contributed by atoms with Gasteiger partial charge in [0.1, 0.15) is 0 Å². The van der Waals surface area contributed by atoms with Crippen molar-refractivity contribution in [2.24, 2.45) is 4.99 Å². The van der Waals surface area contributed by atoms with Gasteiger partial charge in [-0.1, -0.05) is 23.7 Å². The zero-order valence-electron chi connectivity index (χ0n) is 13.4. The number of nitrogens with zero attached hydrogens (tertiary/aromatic N) is 2. The summed E-state index contributed by atoms with van der Waals surface area (Å²) in [4.78, 5) is 20.0. The number of pyridine rings is 1. The topological polar surface area (TPSA) is 74.6 Å². The summed E-state index contributed by atoms with van der Waals surface area (Å²) < 4.78 is 0.848. The van der Waals surface area contributed by atoms with Crippen LogP contribution in [-0.2, 0) is 0 Å². The monoisotopic (exact) mass is 429 g/mol. The number of carbonyl (C=O) groups is 1. The fraction of sp³-hybridized carbons (Fsp3) is 0. The summed E-state index contributed by atoms with van der Waals surface area (Å²) in [6.07, 6.45) is 5.04. The Morgan fingerprint density at radius 1 is 1.15 bits per heavy atom. The van der Waals surface area contributed by atoms with Crippen LogP contribution in [0.5, 0.6) is 0 Å². The van der Waals surface area contributed by atoms with Gasteiger partial charge < -0.3 is 10.4 Å². The molecule has 0 bridgehead atoms. The fourth-order valence-electron chi connectivity index (χ4n) is 2.28. The Labute approximate surface area is 163 Å². The lowest BCUT2D eigenvalue weighted by molar-refractivity contribution is 0.0698. The Hall–Kier alpha value is -2.70. The number of aliphatic imine (C=N–C) groups is 1. The highest BCUT2D eigenvalue weighted by atomic mass is 79.9. The first-order chi connectivity index (χ1) is 12.5. The number of nitrogens with one attached hydrogen (secondary N) is 1. The van der Waals surface area contributed by atoms with E-state index in [1.807, 2.05) is 6.07 Å². The molecule has 0 aliphatic heterocycles. The van der Waals surface area contributed by atoms with Crippen molar-refractivity contribution < 1.29 is 9.90 Å². The molecule has 0 aliphatic carbocycles. The van der Waals surface area contributed by atoms with Gasteiger partial charge in [0.25, 0.3) is 0 Å². The minimum atomic E-state index is -1.01. The van der Waals surface area contributed by atoms with Gasteiger partial charge in [-0.15, -0.1) is 0 Å². The van der Waals surface area contributed by atoms with E-state index in [2.05, 4.69) is 31.2 Å². The van der Waals surface area contributed by atoms with Crippen LogP contribution in [0.15, 0.2) is 70.4 Å². The number of carboxylic acid groups (broad SMARTS) is 1. The van der Waals surface area contributed by atoms with Crippen molar-refractivity contribution in [1.29, 1.82) is 0 Å². The molecule has 0 saturated carbocycles. The van der Waals surface area contributed by atoms with Gasteiger partial charge in [0, 0.05) is 33.7 Å². The van der Waals surface area contributed by atoms with Crippen molar-refractivity contribution in [2.45, 2.75) is 0 Å². The molecule has 1 heterocycles. The number of hydrogen-bond donors (Lipinski definition) is 2. The number of anilines is 2. The molecule has 130 valence electrons.